The van der Waals surface area contributed by atoms with Crippen LogP contribution in [0.25, 0.3) is 0 Å². The van der Waals surface area contributed by atoms with E-state index < -0.39 is 10.0 Å². The monoisotopic (exact) mass is 462 g/mol. The number of halogens is 1. The number of hydrogen-bond donors (Lipinski definition) is 2. The van der Waals surface area contributed by atoms with Crippen molar-refractivity contribution in [3.8, 4) is 0 Å². The summed E-state index contributed by atoms with van der Waals surface area (Å²) >= 11 is 6.16. The van der Waals surface area contributed by atoms with Gasteiger partial charge in [-0.2, -0.15) is 0 Å². The predicted molar refractivity (Wildman–Crippen MR) is 117 cm³/mol. The van der Waals surface area contributed by atoms with Crippen molar-refractivity contribution in [3.63, 3.8) is 0 Å². The van der Waals surface area contributed by atoms with E-state index >= 15 is 0 Å². The van der Waals surface area contributed by atoms with Crippen LogP contribution in [0.4, 0.5) is 0 Å². The molecule has 1 aromatic carbocycles. The Morgan fingerprint density at radius 1 is 1.10 bits per heavy atom. The molecule has 4 aliphatic carbocycles. The number of carbonyl (C=O) groups excluding carboxylic acids is 1. The minimum absolute atomic E-state index is 0.00804. The largest absolute Gasteiger partial charge is 0.468 e. The summed E-state index contributed by atoms with van der Waals surface area (Å²) < 4.78 is 33.1. The van der Waals surface area contributed by atoms with E-state index in [2.05, 4.69) is 10.0 Å². The summed E-state index contributed by atoms with van der Waals surface area (Å²) in [6.45, 7) is 0.672. The highest BCUT2D eigenvalue weighted by Crippen LogP contribution is 2.59. The Morgan fingerprint density at radius 2 is 1.77 bits per heavy atom. The first-order chi connectivity index (χ1) is 14.8. The number of benzene rings is 1. The number of amides is 1. The Kier molecular flexibility index (Phi) is 5.39. The molecule has 2 N–H and O–H groups in total. The Labute approximate surface area is 187 Å². The Bertz CT molecular complexity index is 1050. The summed E-state index contributed by atoms with van der Waals surface area (Å²) in [4.78, 5) is 12.8. The fourth-order valence-corrected chi connectivity index (χ4v) is 7.90. The highest BCUT2D eigenvalue weighted by molar-refractivity contribution is 7.89. The predicted octanol–water partition coefficient (Wildman–Crippen LogP) is 4.36. The molecule has 4 fully saturated rings. The average molecular weight is 463 g/mol. The molecule has 31 heavy (non-hydrogen) atoms. The third-order valence-electron chi connectivity index (χ3n) is 7.29. The van der Waals surface area contributed by atoms with Crippen LogP contribution >= 0.6 is 11.6 Å². The van der Waals surface area contributed by atoms with E-state index in [9.17, 15) is 13.2 Å². The van der Waals surface area contributed by atoms with Crippen molar-refractivity contribution in [1.82, 2.24) is 10.0 Å². The minimum atomic E-state index is -3.90. The first-order valence-corrected chi connectivity index (χ1v) is 12.8. The third-order valence-corrected chi connectivity index (χ3v) is 9.17. The van der Waals surface area contributed by atoms with Crippen molar-refractivity contribution in [1.29, 1.82) is 0 Å². The Morgan fingerprint density at radius 3 is 2.39 bits per heavy atom. The van der Waals surface area contributed by atoms with E-state index in [1.165, 1.54) is 56.9 Å². The van der Waals surface area contributed by atoms with Gasteiger partial charge in [-0.3, -0.25) is 4.79 Å². The van der Waals surface area contributed by atoms with Crippen LogP contribution in [0.15, 0.2) is 45.9 Å². The van der Waals surface area contributed by atoms with Gasteiger partial charge < -0.3 is 9.73 Å². The second-order valence-corrected chi connectivity index (χ2v) is 11.8. The van der Waals surface area contributed by atoms with Gasteiger partial charge in [-0.05, 0) is 92.0 Å². The highest BCUT2D eigenvalue weighted by Gasteiger charge is 2.50. The van der Waals surface area contributed by atoms with E-state index in [-0.39, 0.29) is 27.8 Å². The zero-order valence-electron chi connectivity index (χ0n) is 17.3. The van der Waals surface area contributed by atoms with Crippen LogP contribution in [0.2, 0.25) is 5.02 Å². The molecule has 0 saturated heterocycles. The zero-order chi connectivity index (χ0) is 21.6. The second kappa shape index (κ2) is 7.94. The highest BCUT2D eigenvalue weighted by atomic mass is 35.5. The molecule has 1 heterocycles. The summed E-state index contributed by atoms with van der Waals surface area (Å²) in [6.07, 6.45) is 9.16. The molecule has 4 bridgehead atoms. The maximum atomic E-state index is 12.9. The quantitative estimate of drug-likeness (QED) is 0.639. The SMILES string of the molecule is O=C(NCC12CC3CC(CC(C3)C1)C2)c1ccc(Cl)c(S(=O)(=O)NCc2ccco2)c1. The van der Waals surface area contributed by atoms with Gasteiger partial charge in [0.05, 0.1) is 17.8 Å². The van der Waals surface area contributed by atoms with Crippen LogP contribution < -0.4 is 10.0 Å². The van der Waals surface area contributed by atoms with E-state index in [4.69, 9.17) is 16.0 Å². The van der Waals surface area contributed by atoms with Gasteiger partial charge in [-0.25, -0.2) is 13.1 Å². The first kappa shape index (κ1) is 21.0. The fourth-order valence-electron chi connectivity index (χ4n) is 6.38. The Hall–Kier alpha value is -1.83. The van der Waals surface area contributed by atoms with Gasteiger partial charge in [-0.1, -0.05) is 11.6 Å². The van der Waals surface area contributed by atoms with Crippen LogP contribution in [-0.4, -0.2) is 20.9 Å². The molecule has 4 saturated carbocycles. The number of hydrogen-bond acceptors (Lipinski definition) is 4. The number of furan rings is 1. The van der Waals surface area contributed by atoms with Crippen molar-refractivity contribution >= 4 is 27.5 Å². The topological polar surface area (TPSA) is 88.4 Å². The number of nitrogens with one attached hydrogen (secondary N) is 2. The van der Waals surface area contributed by atoms with E-state index in [0.29, 0.717) is 17.9 Å². The molecule has 6 rings (SSSR count). The number of rotatable bonds is 7. The lowest BCUT2D eigenvalue weighted by molar-refractivity contribution is -0.0503. The van der Waals surface area contributed by atoms with Crippen molar-refractivity contribution in [2.45, 2.75) is 50.0 Å². The second-order valence-electron chi connectivity index (χ2n) is 9.65. The van der Waals surface area contributed by atoms with Gasteiger partial charge in [0.25, 0.3) is 5.91 Å². The Balaban J connectivity index is 1.28. The summed E-state index contributed by atoms with van der Waals surface area (Å²) in [6, 6.07) is 7.75. The molecule has 1 aromatic heterocycles. The molecular weight excluding hydrogens is 436 g/mol. The molecule has 8 heteroatoms. The maximum Gasteiger partial charge on any atom is 0.251 e. The molecule has 0 aliphatic heterocycles. The van der Waals surface area contributed by atoms with E-state index in [1.54, 1.807) is 18.2 Å². The van der Waals surface area contributed by atoms with Gasteiger partial charge in [-0.15, -0.1) is 0 Å². The molecule has 166 valence electrons. The standard InChI is InChI=1S/C23H27ClN2O4S/c24-20-4-3-18(9-21(20)31(28,29)26-13-19-2-1-5-30-19)22(27)25-14-23-10-15-6-16(11-23)8-17(7-15)12-23/h1-5,9,15-17,26H,6-8,10-14H2,(H,25,27). The van der Waals surface area contributed by atoms with Crippen molar-refractivity contribution in [3.05, 3.63) is 52.9 Å². The molecule has 0 unspecified atom stereocenters. The maximum absolute atomic E-state index is 12.9. The molecule has 1 amide bonds. The van der Waals surface area contributed by atoms with Crippen LogP contribution in [0, 0.1) is 23.2 Å². The van der Waals surface area contributed by atoms with Crippen molar-refractivity contribution in [2.75, 3.05) is 6.54 Å². The number of carbonyl (C=O) groups is 1. The van der Waals surface area contributed by atoms with Gasteiger partial charge in [0.15, 0.2) is 0 Å². The average Bonchev–Trinajstić information content (AvgIpc) is 3.24. The molecule has 0 atom stereocenters. The van der Waals surface area contributed by atoms with Crippen molar-refractivity contribution in [2.24, 2.45) is 23.2 Å². The first-order valence-electron chi connectivity index (χ1n) is 10.9. The van der Waals surface area contributed by atoms with Gasteiger partial charge in [0.2, 0.25) is 10.0 Å². The normalized spacial score (nSPS) is 29.3. The van der Waals surface area contributed by atoms with E-state index in [0.717, 1.165) is 17.8 Å². The lowest BCUT2D eigenvalue weighted by Gasteiger charge is -2.56. The van der Waals surface area contributed by atoms with Gasteiger partial charge in [0, 0.05) is 12.1 Å². The minimum Gasteiger partial charge on any atom is -0.468 e. The lowest BCUT2D eigenvalue weighted by Crippen LogP contribution is -2.51. The molecule has 4 aliphatic rings. The summed E-state index contributed by atoms with van der Waals surface area (Å²) in [5.74, 6) is 2.68. The smallest absolute Gasteiger partial charge is 0.251 e. The summed E-state index contributed by atoms with van der Waals surface area (Å²) in [5, 5.41) is 3.17. The fraction of sp³-hybridized carbons (Fsp3) is 0.522. The summed E-state index contributed by atoms with van der Waals surface area (Å²) in [5.41, 5.74) is 0.517. The van der Waals surface area contributed by atoms with Gasteiger partial charge in [0.1, 0.15) is 10.7 Å². The zero-order valence-corrected chi connectivity index (χ0v) is 18.8. The third kappa shape index (κ3) is 4.28. The number of sulfonamides is 1. The van der Waals surface area contributed by atoms with Gasteiger partial charge >= 0.3 is 0 Å². The molecule has 2 aromatic rings. The lowest BCUT2D eigenvalue weighted by atomic mass is 9.49. The summed E-state index contributed by atoms with van der Waals surface area (Å²) in [7, 11) is -3.90. The van der Waals surface area contributed by atoms with Crippen LogP contribution in [0.5, 0.6) is 0 Å². The van der Waals surface area contributed by atoms with Crippen LogP contribution in [-0.2, 0) is 16.6 Å². The van der Waals surface area contributed by atoms with Crippen LogP contribution in [0.1, 0.15) is 54.6 Å². The van der Waals surface area contributed by atoms with Crippen LogP contribution in [0.3, 0.4) is 0 Å². The molecule has 6 nitrogen and oxygen atoms in total. The molecule has 0 radical (unpaired) electrons. The molecule has 0 spiro atoms. The van der Waals surface area contributed by atoms with Crippen molar-refractivity contribution < 1.29 is 17.6 Å². The molecular formula is C23H27ClN2O4S. The van der Waals surface area contributed by atoms with E-state index in [1.807, 2.05) is 0 Å².